The van der Waals surface area contributed by atoms with Gasteiger partial charge >= 0.3 is 5.97 Å². The van der Waals surface area contributed by atoms with E-state index in [0.717, 1.165) is 6.42 Å². The van der Waals surface area contributed by atoms with Gasteiger partial charge in [0.1, 0.15) is 4.90 Å². The molecule has 1 fully saturated rings. The highest BCUT2D eigenvalue weighted by Gasteiger charge is 2.34. The molecule has 1 saturated heterocycles. The van der Waals surface area contributed by atoms with Gasteiger partial charge in [0.05, 0.1) is 22.8 Å². The molecule has 2 atom stereocenters. The van der Waals surface area contributed by atoms with Crippen molar-refractivity contribution in [3.63, 3.8) is 0 Å². The maximum atomic E-state index is 13.1. The minimum atomic E-state index is -3.91. The van der Waals surface area contributed by atoms with Crippen molar-refractivity contribution < 1.29 is 27.2 Å². The third kappa shape index (κ3) is 5.18. The van der Waals surface area contributed by atoms with Gasteiger partial charge < -0.3 is 14.0 Å². The first-order valence-corrected chi connectivity index (χ1v) is 11.5. The van der Waals surface area contributed by atoms with E-state index in [1.54, 1.807) is 13.8 Å². The molecule has 1 aromatic carbocycles. The third-order valence-electron chi connectivity index (χ3n) is 4.48. The summed E-state index contributed by atoms with van der Waals surface area (Å²) >= 11 is 6.16. The molecule has 1 aliphatic heterocycles. The van der Waals surface area contributed by atoms with Crippen LogP contribution in [0.25, 0.3) is 0 Å². The number of esters is 1. The molecule has 30 heavy (non-hydrogen) atoms. The van der Waals surface area contributed by atoms with E-state index < -0.39 is 16.0 Å². The van der Waals surface area contributed by atoms with Gasteiger partial charge in [-0.15, -0.1) is 0 Å². The van der Waals surface area contributed by atoms with Gasteiger partial charge in [-0.2, -0.15) is 9.29 Å². The van der Waals surface area contributed by atoms with Crippen molar-refractivity contribution in [1.82, 2.24) is 14.4 Å². The Morgan fingerprint density at radius 1 is 1.30 bits per heavy atom. The molecule has 0 radical (unpaired) electrons. The van der Waals surface area contributed by atoms with Crippen LogP contribution in [0.2, 0.25) is 5.02 Å². The van der Waals surface area contributed by atoms with Gasteiger partial charge in [0.2, 0.25) is 10.0 Å². The summed E-state index contributed by atoms with van der Waals surface area (Å²) in [4.78, 5) is 16.4. The first-order valence-electron chi connectivity index (χ1n) is 9.64. The van der Waals surface area contributed by atoms with E-state index in [2.05, 4.69) is 10.1 Å². The quantitative estimate of drug-likeness (QED) is 0.583. The fourth-order valence-corrected chi connectivity index (χ4v) is 5.27. The monoisotopic (exact) mass is 457 g/mol. The van der Waals surface area contributed by atoms with Crippen molar-refractivity contribution in [3.8, 4) is 0 Å². The second kappa shape index (κ2) is 9.42. The van der Waals surface area contributed by atoms with Crippen LogP contribution in [0.3, 0.4) is 0 Å². The number of aromatic nitrogens is 2. The second-order valence-corrected chi connectivity index (χ2v) is 9.47. The Morgan fingerprint density at radius 3 is 2.67 bits per heavy atom. The molecule has 0 bridgehead atoms. The van der Waals surface area contributed by atoms with Gasteiger partial charge in [-0.25, -0.2) is 13.2 Å². The molecular weight excluding hydrogens is 434 g/mol. The Bertz CT molecular complexity index is 999. The van der Waals surface area contributed by atoms with Crippen molar-refractivity contribution >= 4 is 27.6 Å². The van der Waals surface area contributed by atoms with Crippen LogP contribution >= 0.6 is 11.6 Å². The van der Waals surface area contributed by atoms with Gasteiger partial charge in [-0.1, -0.05) is 23.7 Å². The topological polar surface area (TPSA) is 112 Å². The molecule has 2 heterocycles. The fraction of sp³-hybridized carbons (Fsp3) is 0.526. The predicted octanol–water partition coefficient (Wildman–Crippen LogP) is 2.83. The minimum absolute atomic E-state index is 0.0273. The summed E-state index contributed by atoms with van der Waals surface area (Å²) in [5.74, 6) is -0.00985. The summed E-state index contributed by atoms with van der Waals surface area (Å²) in [6.45, 7) is 5.79. The molecule has 1 aromatic heterocycles. The van der Waals surface area contributed by atoms with Crippen LogP contribution in [0.4, 0.5) is 0 Å². The van der Waals surface area contributed by atoms with Crippen LogP contribution < -0.4 is 0 Å². The molecule has 2 unspecified atom stereocenters. The van der Waals surface area contributed by atoms with Gasteiger partial charge in [0.25, 0.3) is 5.89 Å². The highest BCUT2D eigenvalue weighted by molar-refractivity contribution is 7.89. The molecule has 1 aliphatic rings. The molecule has 0 N–H and O–H groups in total. The number of morpholine rings is 1. The summed E-state index contributed by atoms with van der Waals surface area (Å²) in [5.41, 5.74) is 0.0561. The molecule has 0 aliphatic carbocycles. The first-order chi connectivity index (χ1) is 14.2. The number of rotatable bonds is 7. The van der Waals surface area contributed by atoms with Crippen molar-refractivity contribution in [2.45, 2.75) is 57.3 Å². The molecule has 164 valence electrons. The van der Waals surface area contributed by atoms with Crippen LogP contribution in [0.1, 0.15) is 49.3 Å². The van der Waals surface area contributed by atoms with Crippen molar-refractivity contribution in [2.24, 2.45) is 0 Å². The zero-order chi connectivity index (χ0) is 21.9. The van der Waals surface area contributed by atoms with E-state index in [-0.39, 0.29) is 53.3 Å². The van der Waals surface area contributed by atoms with E-state index in [4.69, 9.17) is 25.6 Å². The van der Waals surface area contributed by atoms with Crippen LogP contribution in [0, 0.1) is 0 Å². The Kier molecular flexibility index (Phi) is 7.12. The highest BCUT2D eigenvalue weighted by Crippen LogP contribution is 2.28. The van der Waals surface area contributed by atoms with Gasteiger partial charge in [0, 0.05) is 19.5 Å². The average Bonchev–Trinajstić information content (AvgIpc) is 3.13. The lowest BCUT2D eigenvalue weighted by atomic mass is 10.2. The number of nitrogens with zero attached hydrogens (tertiary/aromatic N) is 3. The Morgan fingerprint density at radius 2 is 2.00 bits per heavy atom. The largest absolute Gasteiger partial charge is 0.452 e. The van der Waals surface area contributed by atoms with Crippen molar-refractivity contribution in [3.05, 3.63) is 40.5 Å². The van der Waals surface area contributed by atoms with Gasteiger partial charge in [-0.3, -0.25) is 0 Å². The fourth-order valence-electron chi connectivity index (χ4n) is 3.18. The van der Waals surface area contributed by atoms with E-state index in [1.807, 2.05) is 6.92 Å². The lowest BCUT2D eigenvalue weighted by Crippen LogP contribution is -2.48. The lowest BCUT2D eigenvalue weighted by Gasteiger charge is -2.34. The molecule has 2 aromatic rings. The van der Waals surface area contributed by atoms with E-state index in [1.165, 1.54) is 22.5 Å². The number of halogens is 1. The number of ether oxygens (including phenoxy) is 2. The number of aryl methyl sites for hydroxylation is 1. The normalized spacial score (nSPS) is 20.3. The number of sulfonamides is 1. The SMILES string of the molecule is CCCc1noc(COC(=O)c2ccc(Cl)c(S(=O)(=O)N3CC(C)OC(C)C3)c2)n1. The lowest BCUT2D eigenvalue weighted by molar-refractivity contribution is -0.0440. The first kappa shape index (κ1) is 22.7. The number of hydrogen-bond donors (Lipinski definition) is 0. The summed E-state index contributed by atoms with van der Waals surface area (Å²) < 4.78 is 43.4. The number of carbonyl (C=O) groups is 1. The summed E-state index contributed by atoms with van der Waals surface area (Å²) in [6.07, 6.45) is 1.03. The molecule has 0 amide bonds. The van der Waals surface area contributed by atoms with Crippen molar-refractivity contribution in [2.75, 3.05) is 13.1 Å². The highest BCUT2D eigenvalue weighted by atomic mass is 35.5. The van der Waals surface area contributed by atoms with E-state index >= 15 is 0 Å². The van der Waals surface area contributed by atoms with Gasteiger partial charge in [0.15, 0.2) is 12.4 Å². The smallest absolute Gasteiger partial charge is 0.338 e. The van der Waals surface area contributed by atoms with E-state index in [0.29, 0.717) is 12.2 Å². The number of hydrogen-bond acceptors (Lipinski definition) is 8. The Hall–Kier alpha value is -2.01. The average molecular weight is 458 g/mol. The number of benzene rings is 1. The Labute approximate surface area is 180 Å². The molecule has 0 saturated carbocycles. The van der Waals surface area contributed by atoms with Crippen LogP contribution in [-0.2, 0) is 32.5 Å². The Balaban J connectivity index is 1.76. The summed E-state index contributed by atoms with van der Waals surface area (Å²) in [7, 11) is -3.91. The third-order valence-corrected chi connectivity index (χ3v) is 6.79. The molecule has 3 rings (SSSR count). The molecular formula is C19H24ClN3O6S. The summed E-state index contributed by atoms with van der Waals surface area (Å²) in [6, 6.07) is 4.00. The standard InChI is InChI=1S/C19H24ClN3O6S/c1-4-5-17-21-18(29-22-17)11-27-19(24)14-6-7-15(20)16(8-14)30(25,26)23-9-12(2)28-13(3)10-23/h6-8,12-13H,4-5,9-11H2,1-3H3. The van der Waals surface area contributed by atoms with Crippen LogP contribution in [0.5, 0.6) is 0 Å². The second-order valence-electron chi connectivity index (χ2n) is 7.16. The molecule has 11 heteroatoms. The maximum Gasteiger partial charge on any atom is 0.338 e. The zero-order valence-corrected chi connectivity index (χ0v) is 18.6. The van der Waals surface area contributed by atoms with Gasteiger partial charge in [-0.05, 0) is 38.5 Å². The van der Waals surface area contributed by atoms with Crippen molar-refractivity contribution in [1.29, 1.82) is 0 Å². The zero-order valence-electron chi connectivity index (χ0n) is 17.0. The molecule has 0 spiro atoms. The minimum Gasteiger partial charge on any atom is -0.452 e. The predicted molar refractivity (Wildman–Crippen MR) is 108 cm³/mol. The van der Waals surface area contributed by atoms with Crippen LogP contribution in [-0.4, -0.2) is 54.1 Å². The molecule has 9 nitrogen and oxygen atoms in total. The van der Waals surface area contributed by atoms with E-state index in [9.17, 15) is 13.2 Å². The maximum absolute atomic E-state index is 13.1. The number of carbonyl (C=O) groups excluding carboxylic acids is 1. The van der Waals surface area contributed by atoms with Crippen LogP contribution in [0.15, 0.2) is 27.6 Å². The summed E-state index contributed by atoms with van der Waals surface area (Å²) in [5, 5.41) is 3.82.